The number of fused-ring (bicyclic) bond motifs is 1. The first-order valence-electron chi connectivity index (χ1n) is 10.6. The van der Waals surface area contributed by atoms with E-state index < -0.39 is 49.6 Å². The number of aromatic amines is 1. The number of aldehydes is 1. The van der Waals surface area contributed by atoms with Crippen LogP contribution in [0.5, 0.6) is 0 Å². The zero-order valence-electron chi connectivity index (χ0n) is 18.7. The molecule has 2 fully saturated rings. The summed E-state index contributed by atoms with van der Waals surface area (Å²) in [6, 6.07) is 1.15. The average molecular weight is 454 g/mol. The molecule has 4 atom stereocenters. The van der Waals surface area contributed by atoms with E-state index in [0.717, 1.165) is 10.6 Å². The van der Waals surface area contributed by atoms with Crippen molar-refractivity contribution < 1.29 is 23.5 Å². The fourth-order valence-corrected chi connectivity index (χ4v) is 10.8. The Balaban J connectivity index is 1.97. The number of nitrogens with one attached hydrogen (secondary N) is 2. The highest BCUT2D eigenvalue weighted by Crippen LogP contribution is 2.45. The number of nitrogens with zero attached hydrogens (tertiary/aromatic N) is 1. The number of hydrogen-bond acceptors (Lipinski definition) is 7. The van der Waals surface area contributed by atoms with Crippen LogP contribution in [0.15, 0.2) is 21.9 Å². The molecular formula is C20H31N3O7Si. The third-order valence-corrected chi connectivity index (χ3v) is 12.7. The first-order chi connectivity index (χ1) is 14.5. The summed E-state index contributed by atoms with van der Waals surface area (Å²) in [6.07, 6.45) is -1.93. The molecule has 0 saturated carbocycles. The molecule has 3 rings (SSSR count). The number of carbonyl (C=O) groups excluding carboxylic acids is 2. The molecule has 31 heavy (non-hydrogen) atoms. The Morgan fingerprint density at radius 3 is 2.29 bits per heavy atom. The molecule has 3 heterocycles. The summed E-state index contributed by atoms with van der Waals surface area (Å²) < 4.78 is 19.2. The van der Waals surface area contributed by atoms with E-state index in [1.165, 1.54) is 6.20 Å². The molecule has 0 aliphatic carbocycles. The van der Waals surface area contributed by atoms with Crippen molar-refractivity contribution in [3.8, 4) is 0 Å². The summed E-state index contributed by atoms with van der Waals surface area (Å²) in [5.74, 6) is 0. The highest BCUT2D eigenvalue weighted by Gasteiger charge is 2.65. The molecule has 0 bridgehead atoms. The SMILES string of the molecule is CC(C)[Si](OC[C@H]1O[C@@H](n2ccc(=O)[nH]c2=O)[C@]2(C=O)NC(=O)O[C@H]12)(C(C)C)C(C)C. The minimum atomic E-state index is -2.26. The number of carbonyl (C=O) groups is 2. The quantitative estimate of drug-likeness (QED) is 0.452. The summed E-state index contributed by atoms with van der Waals surface area (Å²) in [5.41, 5.74) is -1.96. The second-order valence-electron chi connectivity index (χ2n) is 9.17. The fraction of sp³-hybridized carbons (Fsp3) is 0.700. The van der Waals surface area contributed by atoms with Crippen LogP contribution >= 0.6 is 0 Å². The van der Waals surface area contributed by atoms with Crippen molar-refractivity contribution in [2.75, 3.05) is 6.61 Å². The van der Waals surface area contributed by atoms with E-state index in [-0.39, 0.29) is 6.61 Å². The normalized spacial score (nSPS) is 28.2. The van der Waals surface area contributed by atoms with E-state index >= 15 is 0 Å². The van der Waals surface area contributed by atoms with Crippen LogP contribution in [0.2, 0.25) is 16.6 Å². The minimum Gasteiger partial charge on any atom is -0.440 e. The van der Waals surface area contributed by atoms with Crippen LogP contribution in [0.4, 0.5) is 4.79 Å². The molecule has 11 heteroatoms. The van der Waals surface area contributed by atoms with Crippen LogP contribution < -0.4 is 16.6 Å². The van der Waals surface area contributed by atoms with Gasteiger partial charge in [-0.2, -0.15) is 0 Å². The van der Waals surface area contributed by atoms with Gasteiger partial charge in [-0.3, -0.25) is 14.3 Å². The van der Waals surface area contributed by atoms with Crippen LogP contribution in [0.1, 0.15) is 47.8 Å². The van der Waals surface area contributed by atoms with E-state index in [2.05, 4.69) is 51.8 Å². The lowest BCUT2D eigenvalue weighted by Crippen LogP contribution is -2.56. The molecule has 0 spiro atoms. The Kier molecular flexibility index (Phi) is 6.32. The predicted octanol–water partition coefficient (Wildman–Crippen LogP) is 1.67. The average Bonchev–Trinajstić information content (AvgIpc) is 3.15. The largest absolute Gasteiger partial charge is 0.440 e. The maximum atomic E-state index is 12.4. The third kappa shape index (κ3) is 3.68. The van der Waals surface area contributed by atoms with Crippen LogP contribution in [-0.4, -0.2) is 54.6 Å². The number of alkyl carbamates (subject to hydrolysis) is 1. The Morgan fingerprint density at radius 2 is 1.77 bits per heavy atom. The van der Waals surface area contributed by atoms with Crippen LogP contribution in [0.25, 0.3) is 0 Å². The number of H-pyrrole nitrogens is 1. The summed E-state index contributed by atoms with van der Waals surface area (Å²) in [4.78, 5) is 50.3. The van der Waals surface area contributed by atoms with Crippen LogP contribution in [0, 0.1) is 0 Å². The highest BCUT2D eigenvalue weighted by atomic mass is 28.4. The maximum Gasteiger partial charge on any atom is 0.408 e. The lowest BCUT2D eigenvalue weighted by molar-refractivity contribution is -0.118. The van der Waals surface area contributed by atoms with Crippen molar-refractivity contribution in [1.82, 2.24) is 14.9 Å². The molecule has 1 aromatic rings. The van der Waals surface area contributed by atoms with E-state index in [1.807, 2.05) is 0 Å². The zero-order valence-corrected chi connectivity index (χ0v) is 19.7. The van der Waals surface area contributed by atoms with Crippen molar-refractivity contribution in [3.05, 3.63) is 33.1 Å². The molecule has 0 radical (unpaired) electrons. The van der Waals surface area contributed by atoms with Crippen molar-refractivity contribution in [3.63, 3.8) is 0 Å². The van der Waals surface area contributed by atoms with Gasteiger partial charge in [-0.15, -0.1) is 0 Å². The third-order valence-electron chi connectivity index (χ3n) is 6.58. The number of amides is 1. The Hall–Kier alpha value is -2.24. The lowest BCUT2D eigenvalue weighted by Gasteiger charge is -2.42. The fourth-order valence-electron chi connectivity index (χ4n) is 5.34. The van der Waals surface area contributed by atoms with Gasteiger partial charge in [-0.1, -0.05) is 41.5 Å². The van der Waals surface area contributed by atoms with Crippen LogP contribution in [0.3, 0.4) is 0 Å². The summed E-state index contributed by atoms with van der Waals surface area (Å²) >= 11 is 0. The van der Waals surface area contributed by atoms with Crippen molar-refractivity contribution in [1.29, 1.82) is 0 Å². The monoisotopic (exact) mass is 453 g/mol. The van der Waals surface area contributed by atoms with E-state index in [1.54, 1.807) is 0 Å². The van der Waals surface area contributed by atoms with Crippen molar-refractivity contribution >= 4 is 20.7 Å². The van der Waals surface area contributed by atoms with E-state index in [4.69, 9.17) is 13.9 Å². The summed E-state index contributed by atoms with van der Waals surface area (Å²) in [7, 11) is -2.26. The van der Waals surface area contributed by atoms with Crippen molar-refractivity contribution in [2.24, 2.45) is 0 Å². The number of aromatic nitrogens is 2. The Morgan fingerprint density at radius 1 is 1.16 bits per heavy atom. The predicted molar refractivity (Wildman–Crippen MR) is 114 cm³/mol. The number of hydrogen-bond donors (Lipinski definition) is 2. The van der Waals surface area contributed by atoms with E-state index in [0.29, 0.717) is 22.9 Å². The van der Waals surface area contributed by atoms with Gasteiger partial charge in [0.15, 0.2) is 32.5 Å². The maximum absolute atomic E-state index is 12.4. The molecule has 0 unspecified atom stereocenters. The Bertz CT molecular complexity index is 935. The Labute approximate surface area is 181 Å². The van der Waals surface area contributed by atoms with E-state index in [9.17, 15) is 19.2 Å². The van der Waals surface area contributed by atoms with Gasteiger partial charge in [0.2, 0.25) is 0 Å². The zero-order chi connectivity index (χ0) is 23.1. The van der Waals surface area contributed by atoms with Gasteiger partial charge >= 0.3 is 11.8 Å². The molecular weight excluding hydrogens is 422 g/mol. The van der Waals surface area contributed by atoms with Gasteiger partial charge in [0.1, 0.15) is 6.10 Å². The minimum absolute atomic E-state index is 0.116. The van der Waals surface area contributed by atoms with Crippen molar-refractivity contribution in [2.45, 2.75) is 82.1 Å². The van der Waals surface area contributed by atoms with Gasteiger partial charge in [-0.25, -0.2) is 9.59 Å². The second kappa shape index (κ2) is 8.36. The molecule has 1 aromatic heterocycles. The second-order valence-corrected chi connectivity index (χ2v) is 14.6. The summed E-state index contributed by atoms with van der Waals surface area (Å²) in [6.45, 7) is 13.0. The lowest BCUT2D eigenvalue weighted by atomic mass is 9.92. The molecule has 172 valence electrons. The molecule has 2 aliphatic rings. The van der Waals surface area contributed by atoms with Crippen LogP contribution in [-0.2, 0) is 18.7 Å². The first-order valence-corrected chi connectivity index (χ1v) is 12.7. The standard InChI is InChI=1S/C20H31N3O7Si/c1-11(2)31(12(3)4,13(5)6)28-9-14-16-20(10-24,22-19(27)30-16)17(29-14)23-8-7-15(25)21-18(23)26/h7-8,10-14,16-17H,9H2,1-6H3,(H,22,27)(H,21,25,26)/t14-,16-,17-,20-/m1/s1. The smallest absolute Gasteiger partial charge is 0.408 e. The van der Waals surface area contributed by atoms with Gasteiger partial charge in [0.05, 0.1) is 6.61 Å². The molecule has 2 N–H and O–H groups in total. The highest BCUT2D eigenvalue weighted by molar-refractivity contribution is 6.77. The molecule has 0 aromatic carbocycles. The summed E-state index contributed by atoms with van der Waals surface area (Å²) in [5, 5.41) is 2.51. The number of ether oxygens (including phenoxy) is 2. The topological polar surface area (TPSA) is 129 Å². The first kappa shape index (κ1) is 23.4. The molecule has 2 saturated heterocycles. The number of rotatable bonds is 8. The van der Waals surface area contributed by atoms with Gasteiger partial charge in [0.25, 0.3) is 5.56 Å². The van der Waals surface area contributed by atoms with Gasteiger partial charge in [0, 0.05) is 12.3 Å². The van der Waals surface area contributed by atoms with Gasteiger partial charge < -0.3 is 24.0 Å². The molecule has 1 amide bonds. The molecule has 10 nitrogen and oxygen atoms in total. The molecule has 2 aliphatic heterocycles. The van der Waals surface area contributed by atoms with Gasteiger partial charge in [-0.05, 0) is 16.6 Å².